The summed E-state index contributed by atoms with van der Waals surface area (Å²) in [4.78, 5) is 22.3. The second kappa shape index (κ2) is 6.44. The first kappa shape index (κ1) is 16.8. The lowest BCUT2D eigenvalue weighted by molar-refractivity contribution is -0.146. The second-order valence-electron chi connectivity index (χ2n) is 5.19. The van der Waals surface area contributed by atoms with Crippen LogP contribution in [0.5, 0.6) is 5.75 Å². The second-order valence-corrected chi connectivity index (χ2v) is 6.26. The molecule has 2 aromatic carbocycles. The first-order valence-electron chi connectivity index (χ1n) is 7.15. The third-order valence-corrected chi connectivity index (χ3v) is 4.70. The number of thioether (sulfide) groups is 1. The molecular weight excluding hydrogens is 346 g/mol. The smallest absolute Gasteiger partial charge is 0.328 e. The Hall–Kier alpha value is -3.07. The van der Waals surface area contributed by atoms with Gasteiger partial charge >= 0.3 is 11.9 Å². The van der Waals surface area contributed by atoms with Crippen LogP contribution < -0.4 is 0 Å². The molecule has 0 aliphatic heterocycles. The van der Waals surface area contributed by atoms with Gasteiger partial charge in [-0.05, 0) is 19.1 Å². The summed E-state index contributed by atoms with van der Waals surface area (Å²) in [5.74, 6) is -2.37. The topological polar surface area (TPSA) is 126 Å². The first-order valence-corrected chi connectivity index (χ1v) is 8.03. The molecule has 0 radical (unpaired) electrons. The van der Waals surface area contributed by atoms with Crippen molar-refractivity contribution in [3.63, 3.8) is 0 Å². The molecule has 8 nitrogen and oxygen atoms in total. The zero-order valence-corrected chi connectivity index (χ0v) is 13.8. The van der Waals surface area contributed by atoms with Gasteiger partial charge in [-0.3, -0.25) is 14.2 Å². The Morgan fingerprint density at radius 1 is 1.04 bits per heavy atom. The van der Waals surface area contributed by atoms with Crippen LogP contribution in [0.4, 0.5) is 0 Å². The molecule has 0 bridgehead atoms. The van der Waals surface area contributed by atoms with Gasteiger partial charge < -0.3 is 15.3 Å². The van der Waals surface area contributed by atoms with Crippen molar-refractivity contribution in [2.45, 2.75) is 17.3 Å². The van der Waals surface area contributed by atoms with Crippen molar-refractivity contribution in [2.24, 2.45) is 0 Å². The summed E-state index contributed by atoms with van der Waals surface area (Å²) in [6.45, 7) is 1.68. The van der Waals surface area contributed by atoms with E-state index >= 15 is 0 Å². The van der Waals surface area contributed by atoms with Crippen molar-refractivity contribution in [2.75, 3.05) is 0 Å². The highest BCUT2D eigenvalue weighted by Gasteiger charge is 2.30. The molecule has 1 heterocycles. The highest BCUT2D eigenvalue weighted by atomic mass is 32.2. The predicted octanol–water partition coefficient (Wildman–Crippen LogP) is 2.06. The van der Waals surface area contributed by atoms with Crippen LogP contribution in [0, 0.1) is 6.92 Å². The van der Waals surface area contributed by atoms with E-state index in [1.165, 1.54) is 6.07 Å². The highest BCUT2D eigenvalue weighted by molar-refractivity contribution is 8.01. The van der Waals surface area contributed by atoms with E-state index in [1.54, 1.807) is 41.8 Å². The number of hydrogen-bond donors (Lipinski definition) is 3. The van der Waals surface area contributed by atoms with E-state index in [2.05, 4.69) is 10.2 Å². The average molecular weight is 359 g/mol. The summed E-state index contributed by atoms with van der Waals surface area (Å²) < 4.78 is 1.57. The van der Waals surface area contributed by atoms with E-state index in [0.29, 0.717) is 34.0 Å². The maximum Gasteiger partial charge on any atom is 0.328 e. The van der Waals surface area contributed by atoms with E-state index in [0.717, 1.165) is 0 Å². The largest absolute Gasteiger partial charge is 0.507 e. The number of fused-ring (bicyclic) bond motifs is 1. The molecule has 0 fully saturated rings. The third-order valence-electron chi connectivity index (χ3n) is 3.59. The van der Waals surface area contributed by atoms with E-state index < -0.39 is 17.2 Å². The third kappa shape index (κ3) is 3.01. The molecule has 0 amide bonds. The van der Waals surface area contributed by atoms with Gasteiger partial charge in [0.2, 0.25) is 5.25 Å². The lowest BCUT2D eigenvalue weighted by Gasteiger charge is -2.13. The Morgan fingerprint density at radius 2 is 1.68 bits per heavy atom. The maximum atomic E-state index is 11.2. The number of phenols is 1. The SMILES string of the molecule is Cc1nnc(SC(C(=O)O)C(=O)O)n1-c1ccc(O)c2ccccc12. The Balaban J connectivity index is 2.17. The van der Waals surface area contributed by atoms with Crippen LogP contribution in [-0.2, 0) is 9.59 Å². The molecule has 3 aromatic rings. The van der Waals surface area contributed by atoms with Gasteiger partial charge in [0.15, 0.2) is 5.16 Å². The molecule has 9 heteroatoms. The van der Waals surface area contributed by atoms with E-state index in [1.807, 2.05) is 0 Å². The normalized spacial score (nSPS) is 11.1. The molecule has 3 rings (SSSR count). The van der Waals surface area contributed by atoms with Crippen LogP contribution in [-0.4, -0.2) is 47.3 Å². The fourth-order valence-electron chi connectivity index (χ4n) is 2.47. The maximum absolute atomic E-state index is 11.2. The van der Waals surface area contributed by atoms with Gasteiger partial charge in [0, 0.05) is 10.8 Å². The summed E-state index contributed by atoms with van der Waals surface area (Å²) in [5.41, 5.74) is 0.618. The number of benzene rings is 2. The van der Waals surface area contributed by atoms with Crippen molar-refractivity contribution in [3.8, 4) is 11.4 Å². The monoisotopic (exact) mass is 359 g/mol. The number of aromatic nitrogens is 3. The van der Waals surface area contributed by atoms with E-state index in [-0.39, 0.29) is 10.9 Å². The van der Waals surface area contributed by atoms with Gasteiger partial charge in [-0.1, -0.05) is 36.0 Å². The van der Waals surface area contributed by atoms with E-state index in [9.17, 15) is 14.7 Å². The number of carbonyl (C=O) groups is 2. The molecule has 0 spiro atoms. The quantitative estimate of drug-likeness (QED) is 0.467. The van der Waals surface area contributed by atoms with Crippen molar-refractivity contribution in [1.29, 1.82) is 0 Å². The van der Waals surface area contributed by atoms with Crippen molar-refractivity contribution in [1.82, 2.24) is 14.8 Å². The lowest BCUT2D eigenvalue weighted by atomic mass is 10.1. The molecule has 0 saturated heterocycles. The average Bonchev–Trinajstić information content (AvgIpc) is 2.93. The molecule has 0 aliphatic carbocycles. The molecule has 0 saturated carbocycles. The number of carboxylic acids is 2. The summed E-state index contributed by atoms with van der Waals surface area (Å²) in [6, 6.07) is 10.3. The van der Waals surface area contributed by atoms with Gasteiger partial charge in [0.25, 0.3) is 0 Å². The summed E-state index contributed by atoms with van der Waals surface area (Å²) in [6.07, 6.45) is 0. The van der Waals surface area contributed by atoms with Gasteiger partial charge in [-0.25, -0.2) is 0 Å². The molecular formula is C16H13N3O5S. The molecule has 1 aromatic heterocycles. The summed E-state index contributed by atoms with van der Waals surface area (Å²) in [7, 11) is 0. The lowest BCUT2D eigenvalue weighted by Crippen LogP contribution is -2.26. The van der Waals surface area contributed by atoms with Crippen LogP contribution in [0.3, 0.4) is 0 Å². The number of aromatic hydroxyl groups is 1. The number of rotatable bonds is 5. The van der Waals surface area contributed by atoms with Crippen LogP contribution in [0.25, 0.3) is 16.5 Å². The fourth-order valence-corrected chi connectivity index (χ4v) is 3.31. The predicted molar refractivity (Wildman–Crippen MR) is 90.2 cm³/mol. The summed E-state index contributed by atoms with van der Waals surface area (Å²) in [5, 5.41) is 35.8. The molecule has 25 heavy (non-hydrogen) atoms. The number of phenolic OH excluding ortho intramolecular Hbond substituents is 1. The van der Waals surface area contributed by atoms with Crippen molar-refractivity contribution < 1.29 is 24.9 Å². The van der Waals surface area contributed by atoms with Crippen LogP contribution in [0.15, 0.2) is 41.6 Å². The Kier molecular flexibility index (Phi) is 4.32. The van der Waals surface area contributed by atoms with Crippen LogP contribution in [0.1, 0.15) is 5.82 Å². The number of aliphatic carboxylic acids is 2. The number of hydrogen-bond acceptors (Lipinski definition) is 6. The van der Waals surface area contributed by atoms with Gasteiger partial charge in [-0.2, -0.15) is 0 Å². The van der Waals surface area contributed by atoms with Gasteiger partial charge in [0.1, 0.15) is 11.6 Å². The minimum Gasteiger partial charge on any atom is -0.507 e. The minimum absolute atomic E-state index is 0.105. The van der Waals surface area contributed by atoms with Crippen molar-refractivity contribution in [3.05, 3.63) is 42.2 Å². The van der Waals surface area contributed by atoms with Crippen LogP contribution >= 0.6 is 11.8 Å². The molecule has 128 valence electrons. The molecule has 3 N–H and O–H groups in total. The first-order chi connectivity index (χ1) is 11.9. The Bertz CT molecular complexity index is 971. The molecule has 0 aliphatic rings. The van der Waals surface area contributed by atoms with E-state index in [4.69, 9.17) is 10.2 Å². The Morgan fingerprint density at radius 3 is 2.32 bits per heavy atom. The molecule has 0 unspecified atom stereocenters. The minimum atomic E-state index is -1.70. The number of nitrogens with zero attached hydrogens (tertiary/aromatic N) is 3. The standard InChI is InChI=1S/C16H13N3O5S/c1-8-17-18-16(25-13(14(21)22)15(23)24)19(8)11-6-7-12(20)10-5-3-2-4-9(10)11/h2-7,13,20H,1H3,(H,21,22)(H,23,24). The zero-order valence-electron chi connectivity index (χ0n) is 12.9. The highest BCUT2D eigenvalue weighted by Crippen LogP contribution is 2.33. The van der Waals surface area contributed by atoms with Crippen molar-refractivity contribution >= 4 is 34.5 Å². The molecule has 0 atom stereocenters. The zero-order chi connectivity index (χ0) is 18.1. The van der Waals surface area contributed by atoms with Crippen LogP contribution in [0.2, 0.25) is 0 Å². The number of carboxylic acid groups (broad SMARTS) is 2. The number of aryl methyl sites for hydroxylation is 1. The van der Waals surface area contributed by atoms with Gasteiger partial charge in [-0.15, -0.1) is 10.2 Å². The summed E-state index contributed by atoms with van der Waals surface area (Å²) >= 11 is 0.588. The fraction of sp³-hybridized carbons (Fsp3) is 0.125. The Labute approximate surface area is 145 Å². The van der Waals surface area contributed by atoms with Gasteiger partial charge in [0.05, 0.1) is 5.69 Å².